The first kappa shape index (κ1) is 16.6. The Kier molecular flexibility index (Phi) is 4.01. The second-order valence-corrected chi connectivity index (χ2v) is 10.0. The molecule has 4 atom stereocenters. The highest BCUT2D eigenvalue weighted by Crippen LogP contribution is 2.62. The molecule has 0 unspecified atom stereocenters. The highest BCUT2D eigenvalue weighted by atomic mass is 32.2. The number of benzene rings is 1. The molecule has 0 radical (unpaired) electrons. The fourth-order valence-electron chi connectivity index (χ4n) is 5.02. The van der Waals surface area contributed by atoms with Crippen LogP contribution in [0.1, 0.15) is 38.2 Å². The molecule has 1 aliphatic heterocycles. The van der Waals surface area contributed by atoms with E-state index in [-0.39, 0.29) is 11.8 Å². The molecule has 3 fully saturated rings. The van der Waals surface area contributed by atoms with E-state index < -0.39 is 9.84 Å². The first-order valence-corrected chi connectivity index (χ1v) is 10.7. The minimum absolute atomic E-state index is 0.0414. The summed E-state index contributed by atoms with van der Waals surface area (Å²) in [4.78, 5) is 0.427. The Labute approximate surface area is 144 Å². The van der Waals surface area contributed by atoms with E-state index >= 15 is 0 Å². The van der Waals surface area contributed by atoms with Crippen molar-refractivity contribution in [1.82, 2.24) is 5.32 Å². The van der Waals surface area contributed by atoms with Crippen LogP contribution in [-0.4, -0.2) is 39.0 Å². The van der Waals surface area contributed by atoms with Crippen molar-refractivity contribution in [2.45, 2.75) is 62.6 Å². The van der Waals surface area contributed by atoms with Gasteiger partial charge in [-0.1, -0.05) is 24.1 Å². The fourth-order valence-corrected chi connectivity index (χ4v) is 6.52. The second-order valence-electron chi connectivity index (χ2n) is 7.97. The summed E-state index contributed by atoms with van der Waals surface area (Å²) in [5.74, 6) is 0.732. The van der Waals surface area contributed by atoms with E-state index in [1.54, 1.807) is 12.1 Å². The topological polar surface area (TPSA) is 55.4 Å². The van der Waals surface area contributed by atoms with Crippen molar-refractivity contribution in [3.05, 3.63) is 29.8 Å². The summed E-state index contributed by atoms with van der Waals surface area (Å²) >= 11 is 0. The molecule has 1 heterocycles. The van der Waals surface area contributed by atoms with Gasteiger partial charge in [0.2, 0.25) is 0 Å². The molecule has 0 bridgehead atoms. The monoisotopic (exact) mass is 349 g/mol. The van der Waals surface area contributed by atoms with E-state index in [4.69, 9.17) is 4.74 Å². The van der Waals surface area contributed by atoms with Crippen molar-refractivity contribution in [2.24, 2.45) is 11.3 Å². The smallest absolute Gasteiger partial charge is 0.179 e. The first-order chi connectivity index (χ1) is 11.4. The van der Waals surface area contributed by atoms with Gasteiger partial charge in [-0.3, -0.25) is 0 Å². The largest absolute Gasteiger partial charge is 0.377 e. The van der Waals surface area contributed by atoms with E-state index in [1.165, 1.54) is 19.3 Å². The summed E-state index contributed by atoms with van der Waals surface area (Å²) < 4.78 is 31.2. The summed E-state index contributed by atoms with van der Waals surface area (Å²) in [5, 5.41) is 3.66. The third-order valence-corrected chi connectivity index (χ3v) is 8.28. The van der Waals surface area contributed by atoms with Crippen molar-refractivity contribution < 1.29 is 13.2 Å². The van der Waals surface area contributed by atoms with Crippen LogP contribution in [0.15, 0.2) is 29.2 Å². The molecule has 24 heavy (non-hydrogen) atoms. The molecule has 132 valence electrons. The minimum Gasteiger partial charge on any atom is -0.377 e. The number of rotatable bonds is 5. The third kappa shape index (κ3) is 2.52. The van der Waals surface area contributed by atoms with Gasteiger partial charge >= 0.3 is 0 Å². The van der Waals surface area contributed by atoms with E-state index in [2.05, 4.69) is 5.32 Å². The standard InChI is InChI=1S/C19H27NO3S/c1-13-4-6-15(7-5-13)24(21,22)12-14(2)20-17-16-8-11-23-18(16)19(17)9-3-10-19/h4-7,14,16-18,20H,3,8-12H2,1-2H3/t14-,16+,17+,18+/m0/s1. The molecular weight excluding hydrogens is 322 g/mol. The fraction of sp³-hybridized carbons (Fsp3) is 0.684. The van der Waals surface area contributed by atoms with Gasteiger partial charge in [0.05, 0.1) is 16.8 Å². The summed E-state index contributed by atoms with van der Waals surface area (Å²) in [6.07, 6.45) is 5.26. The molecule has 0 amide bonds. The van der Waals surface area contributed by atoms with Crippen LogP contribution in [0.2, 0.25) is 0 Å². The highest BCUT2D eigenvalue weighted by Gasteiger charge is 2.66. The van der Waals surface area contributed by atoms with Gasteiger partial charge in [-0.15, -0.1) is 0 Å². The molecule has 4 rings (SSSR count). The summed E-state index contributed by atoms with van der Waals surface area (Å²) in [7, 11) is -3.25. The first-order valence-electron chi connectivity index (χ1n) is 9.09. The second kappa shape index (κ2) is 5.82. The van der Waals surface area contributed by atoms with Crippen LogP contribution in [0.25, 0.3) is 0 Å². The van der Waals surface area contributed by atoms with Crippen LogP contribution >= 0.6 is 0 Å². The van der Waals surface area contributed by atoms with Gasteiger partial charge in [0.15, 0.2) is 9.84 Å². The number of sulfone groups is 1. The number of fused-ring (bicyclic) bond motifs is 2. The Hall–Kier alpha value is -0.910. The highest BCUT2D eigenvalue weighted by molar-refractivity contribution is 7.91. The summed E-state index contributed by atoms with van der Waals surface area (Å²) in [5.41, 5.74) is 1.37. The van der Waals surface area contributed by atoms with E-state index in [9.17, 15) is 8.42 Å². The molecule has 3 aliphatic rings. The van der Waals surface area contributed by atoms with Gasteiger partial charge < -0.3 is 10.1 Å². The number of ether oxygens (including phenoxy) is 1. The van der Waals surface area contributed by atoms with Crippen LogP contribution in [0.5, 0.6) is 0 Å². The van der Waals surface area contributed by atoms with Gasteiger partial charge in [0.1, 0.15) is 0 Å². The zero-order chi connectivity index (χ0) is 16.9. The predicted molar refractivity (Wildman–Crippen MR) is 93.7 cm³/mol. The number of hydrogen-bond acceptors (Lipinski definition) is 4. The molecule has 1 aromatic carbocycles. The normalized spacial score (nSPS) is 32.0. The Morgan fingerprint density at radius 3 is 2.62 bits per heavy atom. The van der Waals surface area contributed by atoms with Crippen molar-refractivity contribution in [3.8, 4) is 0 Å². The van der Waals surface area contributed by atoms with Gasteiger partial charge in [0, 0.05) is 30.0 Å². The predicted octanol–water partition coefficient (Wildman–Crippen LogP) is 2.70. The molecule has 4 nitrogen and oxygen atoms in total. The summed E-state index contributed by atoms with van der Waals surface area (Å²) in [6.45, 7) is 4.84. The van der Waals surface area contributed by atoms with Crippen LogP contribution in [0.3, 0.4) is 0 Å². The van der Waals surface area contributed by atoms with Gasteiger partial charge in [-0.2, -0.15) is 0 Å². The van der Waals surface area contributed by atoms with E-state index in [0.29, 0.717) is 28.4 Å². The maximum absolute atomic E-state index is 12.6. The summed E-state index contributed by atoms with van der Waals surface area (Å²) in [6, 6.07) is 7.55. The molecule has 2 saturated carbocycles. The molecule has 1 aromatic rings. The van der Waals surface area contributed by atoms with Crippen molar-refractivity contribution in [2.75, 3.05) is 12.4 Å². The molecule has 2 aliphatic carbocycles. The van der Waals surface area contributed by atoms with Crippen LogP contribution in [-0.2, 0) is 14.6 Å². The molecule has 1 saturated heterocycles. The lowest BCUT2D eigenvalue weighted by Gasteiger charge is -2.64. The third-order valence-electron chi connectivity index (χ3n) is 6.35. The van der Waals surface area contributed by atoms with Crippen LogP contribution < -0.4 is 5.32 Å². The number of hydrogen-bond donors (Lipinski definition) is 1. The zero-order valence-corrected chi connectivity index (χ0v) is 15.3. The molecule has 1 N–H and O–H groups in total. The lowest BCUT2D eigenvalue weighted by Crippen LogP contribution is -2.72. The van der Waals surface area contributed by atoms with Gasteiger partial charge in [-0.25, -0.2) is 8.42 Å². The minimum atomic E-state index is -3.25. The Bertz CT molecular complexity index is 709. The van der Waals surface area contributed by atoms with Crippen LogP contribution in [0, 0.1) is 18.3 Å². The Morgan fingerprint density at radius 2 is 2.00 bits per heavy atom. The number of aryl methyl sites for hydroxylation is 1. The lowest BCUT2D eigenvalue weighted by atomic mass is 9.46. The average Bonchev–Trinajstić information content (AvgIpc) is 2.88. The number of nitrogens with one attached hydrogen (secondary N) is 1. The SMILES string of the molecule is Cc1ccc(S(=O)(=O)C[C@H](C)N[C@@H]2[C@H]3CCO[C@H]3C23CCC3)cc1. The Balaban J connectivity index is 1.43. The molecule has 0 aromatic heterocycles. The van der Waals surface area contributed by atoms with Crippen molar-refractivity contribution >= 4 is 9.84 Å². The molecule has 1 spiro atoms. The van der Waals surface area contributed by atoms with Crippen LogP contribution in [0.4, 0.5) is 0 Å². The maximum Gasteiger partial charge on any atom is 0.179 e. The maximum atomic E-state index is 12.6. The van der Waals surface area contributed by atoms with E-state index in [1.807, 2.05) is 26.0 Å². The zero-order valence-electron chi connectivity index (χ0n) is 14.5. The van der Waals surface area contributed by atoms with Crippen molar-refractivity contribution in [3.63, 3.8) is 0 Å². The van der Waals surface area contributed by atoms with Gasteiger partial charge in [0.25, 0.3) is 0 Å². The molecular formula is C19H27NO3S. The van der Waals surface area contributed by atoms with E-state index in [0.717, 1.165) is 18.6 Å². The van der Waals surface area contributed by atoms with Gasteiger partial charge in [-0.05, 0) is 45.2 Å². The molecule has 5 heteroatoms. The lowest BCUT2D eigenvalue weighted by molar-refractivity contribution is -0.177. The quantitative estimate of drug-likeness (QED) is 0.888. The Morgan fingerprint density at radius 1 is 1.29 bits per heavy atom. The average molecular weight is 349 g/mol. The van der Waals surface area contributed by atoms with Crippen molar-refractivity contribution in [1.29, 1.82) is 0 Å².